The fourth-order valence-corrected chi connectivity index (χ4v) is 2.98. The molecule has 0 aromatic heterocycles. The van der Waals surface area contributed by atoms with E-state index in [-0.39, 0.29) is 17.7 Å². The summed E-state index contributed by atoms with van der Waals surface area (Å²) in [6, 6.07) is -0.0110. The zero-order valence-electron chi connectivity index (χ0n) is 12.7. The highest BCUT2D eigenvalue weighted by Gasteiger charge is 2.25. The Bertz CT molecular complexity index is 428. The van der Waals surface area contributed by atoms with Crippen LogP contribution in [0.25, 0.3) is 0 Å². The summed E-state index contributed by atoms with van der Waals surface area (Å²) in [6.45, 7) is 6.94. The van der Waals surface area contributed by atoms with Crippen molar-refractivity contribution in [2.75, 3.05) is 25.1 Å². The first-order valence-electron chi connectivity index (χ1n) is 6.93. The van der Waals surface area contributed by atoms with Crippen LogP contribution >= 0.6 is 0 Å². The van der Waals surface area contributed by atoms with Crippen LogP contribution in [-0.4, -0.2) is 51.3 Å². The van der Waals surface area contributed by atoms with Crippen molar-refractivity contribution in [1.29, 1.82) is 0 Å². The molecule has 0 radical (unpaired) electrons. The Morgan fingerprint density at radius 1 is 1.35 bits per heavy atom. The number of piperidine rings is 1. The Labute approximate surface area is 121 Å². The quantitative estimate of drug-likeness (QED) is 0.807. The molecule has 1 rings (SSSR count). The number of ether oxygens (including phenoxy) is 1. The van der Waals surface area contributed by atoms with Crippen LogP contribution in [0, 0.1) is 5.92 Å². The third-order valence-corrected chi connectivity index (χ3v) is 4.04. The maximum atomic E-state index is 11.7. The van der Waals surface area contributed by atoms with E-state index in [1.54, 1.807) is 0 Å². The third kappa shape index (κ3) is 7.69. The van der Waals surface area contributed by atoms with Gasteiger partial charge in [-0.05, 0) is 46.1 Å². The highest BCUT2D eigenvalue weighted by molar-refractivity contribution is 7.90. The van der Waals surface area contributed by atoms with E-state index in [9.17, 15) is 13.2 Å². The van der Waals surface area contributed by atoms with E-state index in [2.05, 4.69) is 10.6 Å². The Morgan fingerprint density at radius 3 is 2.55 bits per heavy atom. The molecule has 0 aliphatic carbocycles. The zero-order valence-corrected chi connectivity index (χ0v) is 13.5. The second kappa shape index (κ2) is 6.76. The number of hydrogen-bond donors (Lipinski definition) is 2. The molecule has 0 saturated carbocycles. The smallest absolute Gasteiger partial charge is 0.407 e. The molecule has 1 fully saturated rings. The number of amides is 1. The van der Waals surface area contributed by atoms with Crippen molar-refractivity contribution < 1.29 is 17.9 Å². The lowest BCUT2D eigenvalue weighted by molar-refractivity contribution is 0.0489. The summed E-state index contributed by atoms with van der Waals surface area (Å²) in [5, 5.41) is 6.05. The van der Waals surface area contributed by atoms with E-state index >= 15 is 0 Å². The van der Waals surface area contributed by atoms with Crippen LogP contribution in [0.5, 0.6) is 0 Å². The molecule has 2 atom stereocenters. The SMILES string of the molecule is CC(C)(C)OC(=O)NC1CNCC(CCS(C)(=O)=O)C1. The van der Waals surface area contributed by atoms with Crippen LogP contribution in [0.15, 0.2) is 0 Å². The first-order chi connectivity index (χ1) is 9.05. The maximum Gasteiger partial charge on any atom is 0.407 e. The van der Waals surface area contributed by atoms with Gasteiger partial charge in [-0.1, -0.05) is 0 Å². The number of sulfone groups is 1. The van der Waals surface area contributed by atoms with Crippen molar-refractivity contribution >= 4 is 15.9 Å². The van der Waals surface area contributed by atoms with Gasteiger partial charge in [0.25, 0.3) is 0 Å². The van der Waals surface area contributed by atoms with Crippen LogP contribution in [0.2, 0.25) is 0 Å². The van der Waals surface area contributed by atoms with E-state index in [0.29, 0.717) is 13.0 Å². The van der Waals surface area contributed by atoms with Crippen LogP contribution in [0.4, 0.5) is 4.79 Å². The molecular weight excluding hydrogens is 280 g/mol. The summed E-state index contributed by atoms with van der Waals surface area (Å²) < 4.78 is 27.6. The molecule has 1 aliphatic heterocycles. The van der Waals surface area contributed by atoms with Gasteiger partial charge in [-0.25, -0.2) is 13.2 Å². The van der Waals surface area contributed by atoms with Crippen molar-refractivity contribution in [2.24, 2.45) is 5.92 Å². The number of carbonyl (C=O) groups is 1. The molecule has 0 bridgehead atoms. The highest BCUT2D eigenvalue weighted by Crippen LogP contribution is 2.16. The normalized spacial score (nSPS) is 24.2. The largest absolute Gasteiger partial charge is 0.444 e. The average Bonchev–Trinajstić information content (AvgIpc) is 2.23. The van der Waals surface area contributed by atoms with Gasteiger partial charge in [-0.3, -0.25) is 0 Å². The van der Waals surface area contributed by atoms with Gasteiger partial charge in [0, 0.05) is 18.8 Å². The molecule has 0 aromatic rings. The number of rotatable bonds is 4. The Morgan fingerprint density at radius 2 is 2.00 bits per heavy atom. The van der Waals surface area contributed by atoms with Gasteiger partial charge in [0.1, 0.15) is 15.4 Å². The first kappa shape index (κ1) is 17.2. The van der Waals surface area contributed by atoms with Gasteiger partial charge in [0.2, 0.25) is 0 Å². The molecule has 20 heavy (non-hydrogen) atoms. The van der Waals surface area contributed by atoms with Gasteiger partial charge in [-0.15, -0.1) is 0 Å². The molecule has 1 amide bonds. The van der Waals surface area contributed by atoms with E-state index in [1.807, 2.05) is 20.8 Å². The van der Waals surface area contributed by atoms with Gasteiger partial charge in [0.05, 0.1) is 5.75 Å². The van der Waals surface area contributed by atoms with Crippen LogP contribution in [0.1, 0.15) is 33.6 Å². The molecule has 1 aliphatic rings. The molecule has 6 nitrogen and oxygen atoms in total. The minimum Gasteiger partial charge on any atom is -0.444 e. The molecule has 7 heteroatoms. The first-order valence-corrected chi connectivity index (χ1v) is 8.99. The van der Waals surface area contributed by atoms with Gasteiger partial charge in [-0.2, -0.15) is 0 Å². The summed E-state index contributed by atoms with van der Waals surface area (Å²) in [6.07, 6.45) is 2.23. The predicted octanol–water partition coefficient (Wildman–Crippen LogP) is 0.924. The molecule has 0 spiro atoms. The summed E-state index contributed by atoms with van der Waals surface area (Å²) in [7, 11) is -2.93. The summed E-state index contributed by atoms with van der Waals surface area (Å²) in [4.78, 5) is 11.7. The van der Waals surface area contributed by atoms with Crippen molar-refractivity contribution in [3.8, 4) is 0 Å². The molecule has 1 heterocycles. The molecule has 2 unspecified atom stereocenters. The van der Waals surface area contributed by atoms with Crippen molar-refractivity contribution in [2.45, 2.75) is 45.3 Å². The van der Waals surface area contributed by atoms with Crippen molar-refractivity contribution in [3.63, 3.8) is 0 Å². The summed E-state index contributed by atoms with van der Waals surface area (Å²) in [5.74, 6) is 0.455. The topological polar surface area (TPSA) is 84.5 Å². The fraction of sp³-hybridized carbons (Fsp3) is 0.923. The Kier molecular flexibility index (Phi) is 5.82. The summed E-state index contributed by atoms with van der Waals surface area (Å²) >= 11 is 0. The highest BCUT2D eigenvalue weighted by atomic mass is 32.2. The number of hydrogen-bond acceptors (Lipinski definition) is 5. The molecule has 2 N–H and O–H groups in total. The van der Waals surface area contributed by atoms with E-state index in [4.69, 9.17) is 4.74 Å². The van der Waals surface area contributed by atoms with Gasteiger partial charge >= 0.3 is 6.09 Å². The van der Waals surface area contributed by atoms with Crippen molar-refractivity contribution in [1.82, 2.24) is 10.6 Å². The molecule has 118 valence electrons. The maximum absolute atomic E-state index is 11.7. The van der Waals surface area contributed by atoms with Gasteiger partial charge < -0.3 is 15.4 Å². The summed E-state index contributed by atoms with van der Waals surface area (Å²) in [5.41, 5.74) is -0.512. The Balaban J connectivity index is 2.39. The van der Waals surface area contributed by atoms with E-state index < -0.39 is 21.5 Å². The lowest BCUT2D eigenvalue weighted by atomic mass is 9.93. The third-order valence-electron chi connectivity index (χ3n) is 3.06. The number of carbonyl (C=O) groups excluding carboxylic acids is 1. The van der Waals surface area contributed by atoms with Crippen molar-refractivity contribution in [3.05, 3.63) is 0 Å². The molecule has 0 aromatic carbocycles. The fourth-order valence-electron chi connectivity index (χ4n) is 2.22. The van der Waals surface area contributed by atoms with Crippen LogP contribution in [0.3, 0.4) is 0 Å². The van der Waals surface area contributed by atoms with Crippen LogP contribution < -0.4 is 10.6 Å². The number of nitrogens with one attached hydrogen (secondary N) is 2. The van der Waals surface area contributed by atoms with Crippen LogP contribution in [-0.2, 0) is 14.6 Å². The van der Waals surface area contributed by atoms with E-state index in [0.717, 1.165) is 13.0 Å². The van der Waals surface area contributed by atoms with E-state index in [1.165, 1.54) is 6.26 Å². The Hall–Kier alpha value is -0.820. The second-order valence-corrected chi connectivity index (χ2v) is 8.78. The minimum atomic E-state index is -2.93. The standard InChI is InChI=1S/C13H26N2O4S/c1-13(2,3)19-12(16)15-11-7-10(8-14-9-11)5-6-20(4,17)18/h10-11,14H,5-9H2,1-4H3,(H,15,16). The monoisotopic (exact) mass is 306 g/mol. The number of alkyl carbamates (subject to hydrolysis) is 1. The van der Waals surface area contributed by atoms with Gasteiger partial charge in [0.15, 0.2) is 0 Å². The second-order valence-electron chi connectivity index (χ2n) is 6.52. The lowest BCUT2D eigenvalue weighted by Crippen LogP contribution is -2.50. The zero-order chi connectivity index (χ0) is 15.4. The minimum absolute atomic E-state index is 0.0110. The molecular formula is C13H26N2O4S. The average molecular weight is 306 g/mol. The molecule has 1 saturated heterocycles. The predicted molar refractivity (Wildman–Crippen MR) is 78.5 cm³/mol. The lowest BCUT2D eigenvalue weighted by Gasteiger charge is -2.31.